The normalized spacial score (nSPS) is 13.2. The van der Waals surface area contributed by atoms with E-state index in [2.05, 4.69) is 80.9 Å². The molecule has 0 fully saturated rings. The Morgan fingerprint density at radius 3 is 2.31 bits per heavy atom. The molecule has 0 atom stereocenters. The number of pyridine rings is 1. The molecule has 0 aliphatic carbocycles. The van der Waals surface area contributed by atoms with Crippen LogP contribution in [0.25, 0.3) is 16.1 Å². The Morgan fingerprint density at radius 1 is 0.923 bits per heavy atom. The van der Waals surface area contributed by atoms with E-state index in [9.17, 15) is 0 Å². The summed E-state index contributed by atoms with van der Waals surface area (Å²) >= 11 is 6.34. The van der Waals surface area contributed by atoms with Gasteiger partial charge in [0.1, 0.15) is 8.07 Å². The Hall–Kier alpha value is -1.69. The van der Waals surface area contributed by atoms with Gasteiger partial charge in [-0.3, -0.25) is 4.98 Å². The van der Waals surface area contributed by atoms with Gasteiger partial charge in [0.2, 0.25) is 0 Å². The quantitative estimate of drug-likeness (QED) is 0.472. The number of hydrogen-bond donors (Lipinski definition) is 0. The van der Waals surface area contributed by atoms with Crippen LogP contribution < -0.4 is 5.19 Å². The smallest absolute Gasteiger partial charge is 0.114 e. The highest BCUT2D eigenvalue weighted by Gasteiger charge is 2.33. The second-order valence-corrected chi connectivity index (χ2v) is 18.2. The standard InChI is InChI=1S/C22H26ClNSi2/c1-25(2,3)16-21(18-10-6-12-19(23)15-18)26(4,5)20-13-7-9-17-11-8-14-24-22(17)20/h6-16H,1-5H3/b21-16+. The zero-order valence-electron chi connectivity index (χ0n) is 16.2. The Bertz CT molecular complexity index is 966. The molecule has 4 heteroatoms. The second-order valence-electron chi connectivity index (χ2n) is 8.44. The van der Waals surface area contributed by atoms with Gasteiger partial charge in [-0.25, -0.2) is 0 Å². The van der Waals surface area contributed by atoms with Crippen LogP contribution in [0.2, 0.25) is 37.8 Å². The molecule has 0 unspecified atom stereocenters. The van der Waals surface area contributed by atoms with Crippen molar-refractivity contribution >= 4 is 49.0 Å². The zero-order chi connectivity index (χ0) is 18.9. The Labute approximate surface area is 163 Å². The van der Waals surface area contributed by atoms with E-state index < -0.39 is 16.1 Å². The van der Waals surface area contributed by atoms with Crippen molar-refractivity contribution in [2.75, 3.05) is 0 Å². The van der Waals surface area contributed by atoms with Gasteiger partial charge < -0.3 is 0 Å². The van der Waals surface area contributed by atoms with Crippen molar-refractivity contribution in [1.29, 1.82) is 0 Å². The number of para-hydroxylation sites is 1. The zero-order valence-corrected chi connectivity index (χ0v) is 18.9. The number of rotatable bonds is 4. The summed E-state index contributed by atoms with van der Waals surface area (Å²) in [7, 11) is -3.39. The lowest BCUT2D eigenvalue weighted by molar-refractivity contribution is 1.42. The third-order valence-electron chi connectivity index (χ3n) is 4.69. The van der Waals surface area contributed by atoms with Crippen LogP contribution in [0, 0.1) is 0 Å². The Balaban J connectivity index is 2.27. The van der Waals surface area contributed by atoms with Crippen molar-refractivity contribution in [2.24, 2.45) is 0 Å². The second kappa shape index (κ2) is 7.14. The minimum absolute atomic E-state index is 0.796. The van der Waals surface area contributed by atoms with Crippen molar-refractivity contribution < 1.29 is 0 Å². The molecule has 0 N–H and O–H groups in total. The summed E-state index contributed by atoms with van der Waals surface area (Å²) in [5.41, 5.74) is 4.95. The van der Waals surface area contributed by atoms with Crippen molar-refractivity contribution in [3.63, 3.8) is 0 Å². The fraction of sp³-hybridized carbons (Fsp3) is 0.227. The third kappa shape index (κ3) is 4.00. The molecule has 1 heterocycles. The van der Waals surface area contributed by atoms with Crippen LogP contribution in [0.5, 0.6) is 0 Å². The maximum atomic E-state index is 6.34. The summed E-state index contributed by atoms with van der Waals surface area (Å²) in [6, 6.07) is 19.1. The lowest BCUT2D eigenvalue weighted by Gasteiger charge is -2.30. The first-order chi connectivity index (χ1) is 12.2. The van der Waals surface area contributed by atoms with Crippen LogP contribution in [0.1, 0.15) is 5.56 Å². The van der Waals surface area contributed by atoms with Crippen LogP contribution in [0.15, 0.2) is 66.5 Å². The van der Waals surface area contributed by atoms with Gasteiger partial charge in [0.15, 0.2) is 0 Å². The van der Waals surface area contributed by atoms with Crippen molar-refractivity contribution in [2.45, 2.75) is 32.7 Å². The molecule has 0 spiro atoms. The topological polar surface area (TPSA) is 12.9 Å². The molecule has 0 saturated carbocycles. The number of aromatic nitrogens is 1. The molecule has 1 aromatic heterocycles. The van der Waals surface area contributed by atoms with Crippen molar-refractivity contribution in [1.82, 2.24) is 4.98 Å². The van der Waals surface area contributed by atoms with Gasteiger partial charge in [0.25, 0.3) is 0 Å². The van der Waals surface area contributed by atoms with Gasteiger partial charge in [0, 0.05) is 16.6 Å². The largest absolute Gasteiger partial charge is 0.256 e. The fourth-order valence-electron chi connectivity index (χ4n) is 3.47. The average Bonchev–Trinajstić information content (AvgIpc) is 2.58. The molecule has 3 aromatic rings. The monoisotopic (exact) mass is 395 g/mol. The molecular formula is C22H26ClNSi2. The van der Waals surface area contributed by atoms with Crippen LogP contribution in [0.4, 0.5) is 0 Å². The van der Waals surface area contributed by atoms with Gasteiger partial charge in [-0.2, -0.15) is 0 Å². The average molecular weight is 396 g/mol. The van der Waals surface area contributed by atoms with E-state index in [1.165, 1.54) is 21.3 Å². The molecule has 3 rings (SSSR count). The molecule has 0 aliphatic heterocycles. The highest BCUT2D eigenvalue weighted by atomic mass is 35.5. The minimum Gasteiger partial charge on any atom is -0.256 e. The molecule has 0 aliphatic rings. The first-order valence-corrected chi connectivity index (χ1v) is 16.0. The summed E-state index contributed by atoms with van der Waals surface area (Å²) in [6.07, 6.45) is 1.90. The molecule has 134 valence electrons. The van der Waals surface area contributed by atoms with Crippen LogP contribution in [0.3, 0.4) is 0 Å². The van der Waals surface area contributed by atoms with Crippen LogP contribution >= 0.6 is 11.6 Å². The number of halogens is 1. The van der Waals surface area contributed by atoms with E-state index in [0.717, 1.165) is 10.5 Å². The highest BCUT2D eigenvalue weighted by Crippen LogP contribution is 2.31. The summed E-state index contributed by atoms with van der Waals surface area (Å²) in [6.45, 7) is 12.0. The van der Waals surface area contributed by atoms with E-state index in [-0.39, 0.29) is 0 Å². The summed E-state index contributed by atoms with van der Waals surface area (Å²) in [5.74, 6) is 0. The first-order valence-electron chi connectivity index (χ1n) is 9.02. The molecule has 0 saturated heterocycles. The van der Waals surface area contributed by atoms with Gasteiger partial charge in [-0.15, -0.1) is 0 Å². The molecule has 1 nitrogen and oxygen atoms in total. The SMILES string of the molecule is C[Si](C)(C)/C=C(\c1cccc(Cl)c1)[Si](C)(C)c1cccc2cccnc12. The number of hydrogen-bond acceptors (Lipinski definition) is 1. The Morgan fingerprint density at radius 2 is 1.62 bits per heavy atom. The van der Waals surface area contributed by atoms with Gasteiger partial charge in [-0.05, 0) is 28.9 Å². The van der Waals surface area contributed by atoms with Crippen molar-refractivity contribution in [3.05, 3.63) is 77.1 Å². The number of fused-ring (bicyclic) bond motifs is 1. The predicted molar refractivity (Wildman–Crippen MR) is 122 cm³/mol. The minimum atomic E-state index is -1.97. The van der Waals surface area contributed by atoms with Crippen LogP contribution in [-0.4, -0.2) is 21.1 Å². The van der Waals surface area contributed by atoms with E-state index in [4.69, 9.17) is 16.6 Å². The molecule has 0 radical (unpaired) electrons. The maximum Gasteiger partial charge on any atom is 0.114 e. The lowest BCUT2D eigenvalue weighted by Crippen LogP contribution is -2.44. The van der Waals surface area contributed by atoms with Gasteiger partial charge in [0.05, 0.1) is 13.6 Å². The maximum absolute atomic E-state index is 6.34. The van der Waals surface area contributed by atoms with Crippen molar-refractivity contribution in [3.8, 4) is 0 Å². The molecule has 26 heavy (non-hydrogen) atoms. The lowest BCUT2D eigenvalue weighted by atomic mass is 10.2. The number of nitrogens with zero attached hydrogens (tertiary/aromatic N) is 1. The first kappa shape index (κ1) is 19.1. The predicted octanol–water partition coefficient (Wildman–Crippen LogP) is 6.30. The number of benzene rings is 2. The fourth-order valence-corrected chi connectivity index (χ4v) is 9.91. The van der Waals surface area contributed by atoms with Crippen LogP contribution in [-0.2, 0) is 0 Å². The van der Waals surface area contributed by atoms with E-state index in [1.54, 1.807) is 0 Å². The highest BCUT2D eigenvalue weighted by molar-refractivity contribution is 7.07. The van der Waals surface area contributed by atoms with E-state index in [0.29, 0.717) is 0 Å². The Kier molecular flexibility index (Phi) is 5.24. The third-order valence-corrected chi connectivity index (χ3v) is 9.90. The summed E-state index contributed by atoms with van der Waals surface area (Å²) in [4.78, 5) is 4.73. The van der Waals surface area contributed by atoms with Gasteiger partial charge >= 0.3 is 0 Å². The molecule has 0 bridgehead atoms. The molecular weight excluding hydrogens is 370 g/mol. The molecule has 0 amide bonds. The summed E-state index contributed by atoms with van der Waals surface area (Å²) in [5, 5.41) is 4.87. The van der Waals surface area contributed by atoms with E-state index in [1.807, 2.05) is 18.3 Å². The van der Waals surface area contributed by atoms with E-state index >= 15 is 0 Å². The molecule has 2 aromatic carbocycles. The van der Waals surface area contributed by atoms with Gasteiger partial charge in [-0.1, -0.05) is 91.6 Å². The summed E-state index contributed by atoms with van der Waals surface area (Å²) < 4.78 is 0.